The predicted molar refractivity (Wildman–Crippen MR) is 117 cm³/mol. The fourth-order valence-corrected chi connectivity index (χ4v) is 4.56. The minimum absolute atomic E-state index is 0.287. The fourth-order valence-electron chi connectivity index (χ4n) is 4.56. The third kappa shape index (κ3) is 3.63. The number of hydrogen-bond acceptors (Lipinski definition) is 6. The molecule has 2 unspecified atom stereocenters. The van der Waals surface area contributed by atoms with Gasteiger partial charge in [0.25, 0.3) is 5.91 Å². The van der Waals surface area contributed by atoms with Crippen molar-refractivity contribution in [3.63, 3.8) is 0 Å². The topological polar surface area (TPSA) is 97.4 Å². The van der Waals surface area contributed by atoms with Crippen LogP contribution in [0.4, 0.5) is 4.79 Å². The highest BCUT2D eigenvalue weighted by Gasteiger charge is 2.55. The summed E-state index contributed by atoms with van der Waals surface area (Å²) in [5.74, 6) is 1.10. The molecular formula is C24H25N3O6. The average Bonchev–Trinajstić information content (AvgIpc) is 3.07. The molecule has 2 aromatic rings. The number of para-hydroxylation sites is 3. The molecule has 3 aliphatic heterocycles. The van der Waals surface area contributed by atoms with Crippen LogP contribution in [0.1, 0.15) is 18.9 Å². The SMILES string of the molecule is CCN(CC1COc2ccccc2O1)C(=O)CN1C(=O)NC2(CCOc3ccccc32)C1=O. The molecule has 1 fully saturated rings. The van der Waals surface area contributed by atoms with Crippen molar-refractivity contribution in [3.8, 4) is 17.2 Å². The molecule has 2 atom stereocenters. The monoisotopic (exact) mass is 451 g/mol. The average molecular weight is 451 g/mol. The molecule has 0 bridgehead atoms. The number of nitrogens with one attached hydrogen (secondary N) is 1. The standard InChI is InChI=1S/C24H25N3O6/c1-2-26(13-16-15-32-19-9-5-6-10-20(19)33-16)21(28)14-27-22(29)24(25-23(27)30)11-12-31-18-8-4-3-7-17(18)24/h3-10,16H,2,11-15H2,1H3,(H,25,30). The molecule has 9 heteroatoms. The van der Waals surface area contributed by atoms with E-state index in [1.165, 1.54) is 0 Å². The highest BCUT2D eigenvalue weighted by molar-refractivity contribution is 6.09. The number of benzene rings is 2. The third-order valence-corrected chi connectivity index (χ3v) is 6.28. The van der Waals surface area contributed by atoms with E-state index in [1.807, 2.05) is 37.3 Å². The molecule has 0 saturated carbocycles. The number of carbonyl (C=O) groups is 3. The van der Waals surface area contributed by atoms with Crippen LogP contribution in [0.3, 0.4) is 0 Å². The van der Waals surface area contributed by atoms with Gasteiger partial charge in [-0.2, -0.15) is 0 Å². The summed E-state index contributed by atoms with van der Waals surface area (Å²) < 4.78 is 17.3. The highest BCUT2D eigenvalue weighted by atomic mass is 16.6. The van der Waals surface area contributed by atoms with Gasteiger partial charge in [0, 0.05) is 18.5 Å². The number of fused-ring (bicyclic) bond motifs is 3. The van der Waals surface area contributed by atoms with Crippen molar-refractivity contribution < 1.29 is 28.6 Å². The number of rotatable bonds is 5. The van der Waals surface area contributed by atoms with Gasteiger partial charge in [0.05, 0.1) is 13.2 Å². The van der Waals surface area contributed by atoms with Crippen molar-refractivity contribution in [3.05, 3.63) is 54.1 Å². The lowest BCUT2D eigenvalue weighted by Crippen LogP contribution is -2.49. The normalized spacial score (nSPS) is 23.1. The summed E-state index contributed by atoms with van der Waals surface area (Å²) >= 11 is 0. The van der Waals surface area contributed by atoms with Crippen LogP contribution in [0.2, 0.25) is 0 Å². The van der Waals surface area contributed by atoms with Crippen LogP contribution in [0.15, 0.2) is 48.5 Å². The minimum Gasteiger partial charge on any atom is -0.493 e. The summed E-state index contributed by atoms with van der Waals surface area (Å²) in [5, 5.41) is 2.82. The molecule has 5 rings (SSSR count). The first-order valence-electron chi connectivity index (χ1n) is 11.0. The lowest BCUT2D eigenvalue weighted by atomic mass is 9.84. The van der Waals surface area contributed by atoms with Crippen molar-refractivity contribution in [1.29, 1.82) is 0 Å². The van der Waals surface area contributed by atoms with E-state index in [-0.39, 0.29) is 25.1 Å². The summed E-state index contributed by atoms with van der Waals surface area (Å²) in [7, 11) is 0. The van der Waals surface area contributed by atoms with Crippen LogP contribution >= 0.6 is 0 Å². The maximum absolute atomic E-state index is 13.4. The van der Waals surface area contributed by atoms with Gasteiger partial charge in [0.2, 0.25) is 5.91 Å². The fraction of sp³-hybridized carbons (Fsp3) is 0.375. The van der Waals surface area contributed by atoms with Gasteiger partial charge < -0.3 is 24.4 Å². The summed E-state index contributed by atoms with van der Waals surface area (Å²) in [6.45, 7) is 2.81. The van der Waals surface area contributed by atoms with Crippen molar-refractivity contribution >= 4 is 17.8 Å². The van der Waals surface area contributed by atoms with E-state index >= 15 is 0 Å². The molecule has 3 heterocycles. The zero-order valence-electron chi connectivity index (χ0n) is 18.3. The van der Waals surface area contributed by atoms with Gasteiger partial charge in [-0.1, -0.05) is 30.3 Å². The quantitative estimate of drug-likeness (QED) is 0.698. The molecule has 3 aliphatic rings. The van der Waals surface area contributed by atoms with Gasteiger partial charge in [0.15, 0.2) is 23.1 Å². The first kappa shape index (κ1) is 21.1. The Labute approximate surface area is 191 Å². The third-order valence-electron chi connectivity index (χ3n) is 6.28. The molecule has 0 aromatic heterocycles. The summed E-state index contributed by atoms with van der Waals surface area (Å²) in [5.41, 5.74) is -0.587. The van der Waals surface area contributed by atoms with Crippen molar-refractivity contribution in [2.45, 2.75) is 25.0 Å². The number of hydrogen-bond donors (Lipinski definition) is 1. The van der Waals surface area contributed by atoms with Crippen LogP contribution in [-0.2, 0) is 15.1 Å². The van der Waals surface area contributed by atoms with Gasteiger partial charge in [-0.15, -0.1) is 0 Å². The largest absolute Gasteiger partial charge is 0.493 e. The second-order valence-electron chi connectivity index (χ2n) is 8.25. The van der Waals surface area contributed by atoms with Crippen LogP contribution < -0.4 is 19.5 Å². The maximum atomic E-state index is 13.4. The Morgan fingerprint density at radius 2 is 1.82 bits per heavy atom. The molecule has 0 aliphatic carbocycles. The molecular weight excluding hydrogens is 426 g/mol. The molecule has 9 nitrogen and oxygen atoms in total. The zero-order chi connectivity index (χ0) is 23.0. The molecule has 33 heavy (non-hydrogen) atoms. The van der Waals surface area contributed by atoms with E-state index in [0.29, 0.717) is 49.0 Å². The number of imide groups is 1. The second kappa shape index (κ2) is 8.31. The van der Waals surface area contributed by atoms with E-state index in [9.17, 15) is 14.4 Å². The number of ether oxygens (including phenoxy) is 3. The Morgan fingerprint density at radius 3 is 2.61 bits per heavy atom. The lowest BCUT2D eigenvalue weighted by molar-refractivity contribution is -0.140. The van der Waals surface area contributed by atoms with Crippen molar-refractivity contribution in [1.82, 2.24) is 15.1 Å². The van der Waals surface area contributed by atoms with Gasteiger partial charge >= 0.3 is 6.03 Å². The highest BCUT2D eigenvalue weighted by Crippen LogP contribution is 2.41. The van der Waals surface area contributed by atoms with Crippen LogP contribution in [0, 0.1) is 0 Å². The molecule has 1 spiro atoms. The molecule has 0 radical (unpaired) electrons. The maximum Gasteiger partial charge on any atom is 0.325 e. The van der Waals surface area contributed by atoms with E-state index in [0.717, 1.165) is 4.90 Å². The Hall–Kier alpha value is -3.75. The summed E-state index contributed by atoms with van der Waals surface area (Å²) in [6, 6.07) is 13.9. The first-order chi connectivity index (χ1) is 16.0. The van der Waals surface area contributed by atoms with Gasteiger partial charge in [-0.25, -0.2) is 4.79 Å². The number of amides is 4. The van der Waals surface area contributed by atoms with E-state index in [4.69, 9.17) is 14.2 Å². The van der Waals surface area contributed by atoms with Crippen LogP contribution in [0.25, 0.3) is 0 Å². The van der Waals surface area contributed by atoms with E-state index in [1.54, 1.807) is 23.1 Å². The first-order valence-corrected chi connectivity index (χ1v) is 11.0. The Bertz CT molecular complexity index is 1110. The Kier molecular flexibility index (Phi) is 5.32. The number of urea groups is 1. The number of carbonyl (C=O) groups excluding carboxylic acids is 3. The minimum atomic E-state index is -1.20. The zero-order valence-corrected chi connectivity index (χ0v) is 18.3. The Morgan fingerprint density at radius 1 is 1.09 bits per heavy atom. The van der Waals surface area contributed by atoms with Crippen molar-refractivity contribution in [2.75, 3.05) is 32.8 Å². The molecule has 1 N–H and O–H groups in total. The number of nitrogens with zero attached hydrogens (tertiary/aromatic N) is 2. The summed E-state index contributed by atoms with van der Waals surface area (Å²) in [6.07, 6.45) is -0.0377. The van der Waals surface area contributed by atoms with Crippen molar-refractivity contribution in [2.24, 2.45) is 0 Å². The van der Waals surface area contributed by atoms with Gasteiger partial charge in [-0.3, -0.25) is 14.5 Å². The van der Waals surface area contributed by atoms with Gasteiger partial charge in [-0.05, 0) is 25.1 Å². The van der Waals surface area contributed by atoms with Gasteiger partial charge in [0.1, 0.15) is 18.9 Å². The van der Waals surface area contributed by atoms with Crippen LogP contribution in [0.5, 0.6) is 17.2 Å². The molecule has 4 amide bonds. The van der Waals surface area contributed by atoms with E-state index < -0.39 is 17.5 Å². The molecule has 2 aromatic carbocycles. The van der Waals surface area contributed by atoms with E-state index in [2.05, 4.69) is 5.32 Å². The molecule has 172 valence electrons. The van der Waals surface area contributed by atoms with Crippen LogP contribution in [-0.4, -0.2) is 66.6 Å². The smallest absolute Gasteiger partial charge is 0.325 e. The lowest BCUT2D eigenvalue weighted by Gasteiger charge is -2.33. The summed E-state index contributed by atoms with van der Waals surface area (Å²) in [4.78, 5) is 41.8. The second-order valence-corrected chi connectivity index (χ2v) is 8.25. The predicted octanol–water partition coefficient (Wildman–Crippen LogP) is 1.90. The molecule has 1 saturated heterocycles. The number of likely N-dealkylation sites (N-methyl/N-ethyl adjacent to an activating group) is 1. The Balaban J connectivity index is 1.28.